The molecule has 1 aromatic carbocycles. The molecule has 0 atom stereocenters. The molecule has 5 nitrogen and oxygen atoms in total. The van der Waals surface area contributed by atoms with E-state index in [1.54, 1.807) is 29.3 Å². The zero-order valence-electron chi connectivity index (χ0n) is 12.3. The molecule has 0 spiro atoms. The first kappa shape index (κ1) is 14.5. The molecule has 0 fully saturated rings. The van der Waals surface area contributed by atoms with Crippen LogP contribution in [-0.4, -0.2) is 20.7 Å². The Kier molecular flexibility index (Phi) is 4.46. The Morgan fingerprint density at radius 2 is 2.04 bits per heavy atom. The number of anilines is 1. The summed E-state index contributed by atoms with van der Waals surface area (Å²) < 4.78 is 1.57. The van der Waals surface area contributed by atoms with Crippen molar-refractivity contribution in [3.05, 3.63) is 78.4 Å². The first-order chi connectivity index (χ1) is 11.3. The van der Waals surface area contributed by atoms with Gasteiger partial charge in [0.05, 0.1) is 0 Å². The lowest BCUT2D eigenvalue weighted by atomic mass is 10.2. The van der Waals surface area contributed by atoms with Crippen LogP contribution in [0.4, 0.5) is 5.69 Å². The minimum atomic E-state index is -0.136. The van der Waals surface area contributed by atoms with E-state index in [9.17, 15) is 4.79 Å². The van der Waals surface area contributed by atoms with Crippen LogP contribution in [-0.2, 0) is 11.3 Å². The van der Waals surface area contributed by atoms with Crippen LogP contribution in [0.1, 0.15) is 11.3 Å². The monoisotopic (exact) mass is 302 g/mol. The van der Waals surface area contributed by atoms with E-state index in [1.165, 1.54) is 0 Å². The predicted molar refractivity (Wildman–Crippen MR) is 87.5 cm³/mol. The summed E-state index contributed by atoms with van der Waals surface area (Å²) >= 11 is 0. The summed E-state index contributed by atoms with van der Waals surface area (Å²) in [6.07, 6.45) is 5.09. The van der Waals surface area contributed by atoms with Gasteiger partial charge >= 0.3 is 0 Å². The van der Waals surface area contributed by atoms with Gasteiger partial charge in [-0.3, -0.25) is 9.48 Å². The third-order valence-electron chi connectivity index (χ3n) is 3.01. The lowest BCUT2D eigenvalue weighted by molar-refractivity contribution is -0.116. The lowest BCUT2D eigenvalue weighted by Crippen LogP contribution is -2.18. The van der Waals surface area contributed by atoms with Gasteiger partial charge in [0.1, 0.15) is 12.2 Å². The molecule has 0 aliphatic carbocycles. The number of rotatable bonds is 3. The third-order valence-corrected chi connectivity index (χ3v) is 3.01. The number of aromatic nitrogens is 3. The molecule has 112 valence electrons. The number of nitrogens with zero attached hydrogens (tertiary/aromatic N) is 3. The van der Waals surface area contributed by atoms with Gasteiger partial charge in [-0.2, -0.15) is 5.10 Å². The second-order valence-corrected chi connectivity index (χ2v) is 4.80. The molecule has 2 heterocycles. The van der Waals surface area contributed by atoms with Crippen molar-refractivity contribution < 1.29 is 4.79 Å². The third kappa shape index (κ3) is 4.29. The quantitative estimate of drug-likeness (QED) is 0.755. The number of pyridine rings is 1. The van der Waals surface area contributed by atoms with Crippen LogP contribution in [0, 0.1) is 11.8 Å². The fourth-order valence-electron chi connectivity index (χ4n) is 1.99. The van der Waals surface area contributed by atoms with Crippen LogP contribution >= 0.6 is 0 Å². The molecule has 0 aliphatic heterocycles. The van der Waals surface area contributed by atoms with Gasteiger partial charge in [-0.05, 0) is 42.3 Å². The molecule has 0 aliphatic rings. The van der Waals surface area contributed by atoms with E-state index < -0.39 is 0 Å². The van der Waals surface area contributed by atoms with E-state index in [0.29, 0.717) is 11.4 Å². The van der Waals surface area contributed by atoms with Crippen molar-refractivity contribution >= 4 is 11.6 Å². The largest absolute Gasteiger partial charge is 0.324 e. The Morgan fingerprint density at radius 1 is 1.09 bits per heavy atom. The van der Waals surface area contributed by atoms with Gasteiger partial charge in [0.15, 0.2) is 0 Å². The molecule has 1 amide bonds. The smallest absolute Gasteiger partial charge is 0.246 e. The summed E-state index contributed by atoms with van der Waals surface area (Å²) in [5.41, 5.74) is 2.23. The molecule has 23 heavy (non-hydrogen) atoms. The van der Waals surface area contributed by atoms with E-state index in [2.05, 4.69) is 27.2 Å². The van der Waals surface area contributed by atoms with Gasteiger partial charge in [0, 0.05) is 29.8 Å². The normalized spacial score (nSPS) is 9.74. The number of hydrogen-bond donors (Lipinski definition) is 1. The van der Waals surface area contributed by atoms with E-state index in [1.807, 2.05) is 42.5 Å². The summed E-state index contributed by atoms with van der Waals surface area (Å²) in [5.74, 6) is 5.89. The highest BCUT2D eigenvalue weighted by Crippen LogP contribution is 2.10. The van der Waals surface area contributed by atoms with Gasteiger partial charge in [-0.25, -0.2) is 4.98 Å². The highest BCUT2D eigenvalue weighted by molar-refractivity contribution is 5.90. The van der Waals surface area contributed by atoms with Crippen LogP contribution in [0.15, 0.2) is 67.1 Å². The van der Waals surface area contributed by atoms with E-state index in [-0.39, 0.29) is 12.5 Å². The molecular weight excluding hydrogens is 288 g/mol. The summed E-state index contributed by atoms with van der Waals surface area (Å²) in [6.45, 7) is 0.177. The van der Waals surface area contributed by atoms with Gasteiger partial charge in [-0.15, -0.1) is 0 Å². The lowest BCUT2D eigenvalue weighted by Gasteiger charge is -2.05. The fourth-order valence-corrected chi connectivity index (χ4v) is 1.99. The Hall–Kier alpha value is -3.39. The maximum atomic E-state index is 12.0. The average Bonchev–Trinajstić information content (AvgIpc) is 3.07. The number of carbonyl (C=O) groups is 1. The van der Waals surface area contributed by atoms with Crippen molar-refractivity contribution in [3.8, 4) is 11.8 Å². The maximum absolute atomic E-state index is 12.0. The van der Waals surface area contributed by atoms with Crippen molar-refractivity contribution in [2.75, 3.05) is 5.32 Å². The highest BCUT2D eigenvalue weighted by Gasteiger charge is 2.03. The van der Waals surface area contributed by atoms with Crippen LogP contribution in [0.5, 0.6) is 0 Å². The molecule has 3 aromatic rings. The maximum Gasteiger partial charge on any atom is 0.246 e. The summed E-state index contributed by atoms with van der Waals surface area (Å²) in [5, 5.41) is 6.84. The van der Waals surface area contributed by atoms with Crippen molar-refractivity contribution in [1.82, 2.24) is 14.8 Å². The van der Waals surface area contributed by atoms with Crippen LogP contribution < -0.4 is 5.32 Å². The van der Waals surface area contributed by atoms with Crippen molar-refractivity contribution in [1.29, 1.82) is 0 Å². The van der Waals surface area contributed by atoms with E-state index >= 15 is 0 Å². The van der Waals surface area contributed by atoms with Crippen molar-refractivity contribution in [3.63, 3.8) is 0 Å². The number of carbonyl (C=O) groups excluding carboxylic acids is 1. The first-order valence-electron chi connectivity index (χ1n) is 7.10. The molecule has 0 unspecified atom stereocenters. The number of hydrogen-bond acceptors (Lipinski definition) is 3. The Morgan fingerprint density at radius 3 is 2.83 bits per heavy atom. The van der Waals surface area contributed by atoms with Crippen LogP contribution in [0.2, 0.25) is 0 Å². The highest BCUT2D eigenvalue weighted by atomic mass is 16.2. The van der Waals surface area contributed by atoms with Gasteiger partial charge in [-0.1, -0.05) is 18.1 Å². The second-order valence-electron chi connectivity index (χ2n) is 4.80. The van der Waals surface area contributed by atoms with E-state index in [4.69, 9.17) is 0 Å². The second kappa shape index (κ2) is 7.05. The first-order valence-corrected chi connectivity index (χ1v) is 7.10. The molecule has 0 bridgehead atoms. The molecule has 3 rings (SSSR count). The zero-order valence-corrected chi connectivity index (χ0v) is 12.3. The zero-order chi connectivity index (χ0) is 15.9. The predicted octanol–water partition coefficient (Wildman–Crippen LogP) is 2.32. The standard InChI is InChI=1S/C18H14N4O/c23-18(14-22-12-4-11-20-22)21-17-7-3-5-15(13-17)8-9-16-6-1-2-10-19-16/h1-7,10-13H,14H2,(H,21,23). The summed E-state index contributed by atoms with van der Waals surface area (Å²) in [6, 6.07) is 14.8. The minimum absolute atomic E-state index is 0.136. The Labute approximate surface area is 134 Å². The Bertz CT molecular complexity index is 845. The number of benzene rings is 1. The van der Waals surface area contributed by atoms with Crippen molar-refractivity contribution in [2.24, 2.45) is 0 Å². The summed E-state index contributed by atoms with van der Waals surface area (Å²) in [7, 11) is 0. The number of amides is 1. The topological polar surface area (TPSA) is 59.8 Å². The van der Waals surface area contributed by atoms with Gasteiger partial charge in [0.2, 0.25) is 5.91 Å². The Balaban J connectivity index is 1.68. The van der Waals surface area contributed by atoms with Gasteiger partial charge in [0.25, 0.3) is 0 Å². The molecule has 1 N–H and O–H groups in total. The SMILES string of the molecule is O=C(Cn1cccn1)Nc1cccc(C#Cc2ccccn2)c1. The van der Waals surface area contributed by atoms with Crippen molar-refractivity contribution in [2.45, 2.75) is 6.54 Å². The molecule has 0 saturated heterocycles. The molecular formula is C18H14N4O. The molecule has 0 saturated carbocycles. The fraction of sp³-hybridized carbons (Fsp3) is 0.0556. The van der Waals surface area contributed by atoms with Gasteiger partial charge < -0.3 is 5.32 Å². The van der Waals surface area contributed by atoms with Crippen LogP contribution in [0.25, 0.3) is 0 Å². The number of nitrogens with one attached hydrogen (secondary N) is 1. The molecule has 0 radical (unpaired) electrons. The van der Waals surface area contributed by atoms with E-state index in [0.717, 1.165) is 5.56 Å². The molecule has 5 heteroatoms. The minimum Gasteiger partial charge on any atom is -0.324 e. The van der Waals surface area contributed by atoms with Crippen LogP contribution in [0.3, 0.4) is 0 Å². The average molecular weight is 302 g/mol. The molecule has 2 aromatic heterocycles. The summed E-state index contributed by atoms with van der Waals surface area (Å²) in [4.78, 5) is 16.1.